The molecule has 2 unspecified atom stereocenters. The van der Waals surface area contributed by atoms with Crippen molar-refractivity contribution in [3.05, 3.63) is 0 Å². The molecule has 0 spiro atoms. The number of rotatable bonds is 0. The Hall–Kier alpha value is -0.820. The first-order chi connectivity index (χ1) is 7.29. The van der Waals surface area contributed by atoms with Crippen LogP contribution in [-0.2, 0) is 4.79 Å². The fourth-order valence-corrected chi connectivity index (χ4v) is 2.10. The molecule has 0 aromatic heterocycles. The van der Waals surface area contributed by atoms with Crippen molar-refractivity contribution in [1.82, 2.24) is 5.32 Å². The third-order valence-corrected chi connectivity index (χ3v) is 2.75. The molecule has 2 bridgehead atoms. The van der Waals surface area contributed by atoms with Gasteiger partial charge >= 0.3 is 12.1 Å². The molecule has 2 rings (SSSR count). The van der Waals surface area contributed by atoms with Gasteiger partial charge in [0.05, 0.1) is 0 Å². The smallest absolute Gasteiger partial charge is 0.475 e. The Morgan fingerprint density at radius 3 is 1.94 bits per heavy atom. The number of aliphatic carboxylic acids is 1. The molecule has 0 aliphatic carbocycles. The molecule has 2 heterocycles. The van der Waals surface area contributed by atoms with Crippen molar-refractivity contribution in [1.29, 1.82) is 0 Å². The molecule has 2 saturated heterocycles. The maximum atomic E-state index is 10.6. The van der Waals surface area contributed by atoms with Gasteiger partial charge in [0.2, 0.25) is 0 Å². The van der Waals surface area contributed by atoms with Crippen LogP contribution in [0.3, 0.4) is 0 Å². The predicted molar refractivity (Wildman–Crippen MR) is 50.8 cm³/mol. The van der Waals surface area contributed by atoms with Crippen molar-refractivity contribution in [2.75, 3.05) is 0 Å². The summed E-state index contributed by atoms with van der Waals surface area (Å²) in [5.41, 5.74) is 5.82. The topological polar surface area (TPSA) is 75.3 Å². The second-order valence-electron chi connectivity index (χ2n) is 4.17. The Kier molecular flexibility index (Phi) is 4.15. The number of carboxylic acids is 1. The summed E-state index contributed by atoms with van der Waals surface area (Å²) in [6.45, 7) is 0. The van der Waals surface area contributed by atoms with Gasteiger partial charge in [-0.25, -0.2) is 4.79 Å². The molecule has 2 atom stereocenters. The van der Waals surface area contributed by atoms with Crippen LogP contribution >= 0.6 is 0 Å². The van der Waals surface area contributed by atoms with Gasteiger partial charge in [0.25, 0.3) is 0 Å². The Bertz CT molecular complexity index is 246. The van der Waals surface area contributed by atoms with Crippen LogP contribution in [0.1, 0.15) is 25.7 Å². The van der Waals surface area contributed by atoms with E-state index in [-0.39, 0.29) is 0 Å². The van der Waals surface area contributed by atoms with Crippen molar-refractivity contribution >= 4 is 5.97 Å². The second-order valence-corrected chi connectivity index (χ2v) is 4.17. The number of hydrogen-bond donors (Lipinski definition) is 3. The Labute approximate surface area is 91.0 Å². The van der Waals surface area contributed by atoms with E-state index in [9.17, 15) is 13.2 Å². The first-order valence-corrected chi connectivity index (χ1v) is 5.10. The van der Waals surface area contributed by atoms with Crippen LogP contribution in [0.15, 0.2) is 0 Å². The monoisotopic (exact) mass is 240 g/mol. The second kappa shape index (κ2) is 5.01. The van der Waals surface area contributed by atoms with Crippen LogP contribution in [0.4, 0.5) is 13.2 Å². The van der Waals surface area contributed by atoms with Gasteiger partial charge in [-0.05, 0) is 25.7 Å². The van der Waals surface area contributed by atoms with E-state index < -0.39 is 12.1 Å². The first-order valence-electron chi connectivity index (χ1n) is 5.10. The minimum absolute atomic E-state index is 0.490. The summed E-state index contributed by atoms with van der Waals surface area (Å²) in [7, 11) is 0. The first kappa shape index (κ1) is 13.2. The lowest BCUT2D eigenvalue weighted by Gasteiger charge is -2.25. The molecule has 2 aliphatic rings. The minimum atomic E-state index is -5.08. The van der Waals surface area contributed by atoms with E-state index in [1.807, 2.05) is 0 Å². The third kappa shape index (κ3) is 3.97. The van der Waals surface area contributed by atoms with Gasteiger partial charge in [-0.3, -0.25) is 0 Å². The van der Waals surface area contributed by atoms with Crippen LogP contribution in [0.2, 0.25) is 0 Å². The van der Waals surface area contributed by atoms with Crippen LogP contribution in [0.25, 0.3) is 0 Å². The van der Waals surface area contributed by atoms with E-state index in [0.29, 0.717) is 6.04 Å². The summed E-state index contributed by atoms with van der Waals surface area (Å²) >= 11 is 0. The number of carbonyl (C=O) groups is 1. The maximum absolute atomic E-state index is 10.6. The molecule has 94 valence electrons. The Morgan fingerprint density at radius 1 is 1.25 bits per heavy atom. The number of nitrogens with one attached hydrogen (secondary N) is 1. The zero-order valence-electron chi connectivity index (χ0n) is 8.63. The van der Waals surface area contributed by atoms with Crippen LogP contribution in [0, 0.1) is 0 Å². The van der Waals surface area contributed by atoms with Gasteiger partial charge in [-0.15, -0.1) is 0 Å². The lowest BCUT2D eigenvalue weighted by atomic mass is 10.0. The Balaban J connectivity index is 0.000000168. The quantitative estimate of drug-likeness (QED) is 0.587. The lowest BCUT2D eigenvalue weighted by molar-refractivity contribution is -0.192. The maximum Gasteiger partial charge on any atom is 0.490 e. The van der Waals surface area contributed by atoms with Crippen molar-refractivity contribution in [3.8, 4) is 0 Å². The standard InChI is InChI=1S/C7H14N2.C2HF3O2/c8-5-3-6-1-2-7(4-5)9-6;3-2(4,5)1(6)7/h5-7,9H,1-4,8H2;(H,6,7). The van der Waals surface area contributed by atoms with Gasteiger partial charge < -0.3 is 16.2 Å². The molecule has 0 amide bonds. The van der Waals surface area contributed by atoms with Gasteiger partial charge in [0.1, 0.15) is 0 Å². The van der Waals surface area contributed by atoms with Crippen LogP contribution < -0.4 is 11.1 Å². The average Bonchev–Trinajstić information content (AvgIpc) is 2.45. The van der Waals surface area contributed by atoms with Crippen LogP contribution in [-0.4, -0.2) is 35.4 Å². The summed E-state index contributed by atoms with van der Waals surface area (Å²) in [6.07, 6.45) is 0.0454. The highest BCUT2D eigenvalue weighted by Gasteiger charge is 2.38. The van der Waals surface area contributed by atoms with Gasteiger partial charge in [0.15, 0.2) is 0 Å². The molecular formula is C9H15F3N2O2. The Morgan fingerprint density at radius 2 is 1.62 bits per heavy atom. The van der Waals surface area contributed by atoms with Gasteiger partial charge in [0, 0.05) is 18.1 Å². The van der Waals surface area contributed by atoms with E-state index in [1.165, 1.54) is 25.7 Å². The normalized spacial score (nSPS) is 32.9. The van der Waals surface area contributed by atoms with Crippen molar-refractivity contribution in [2.24, 2.45) is 5.73 Å². The summed E-state index contributed by atoms with van der Waals surface area (Å²) in [6, 6.07) is 2.02. The SMILES string of the molecule is NC1CC2CCC(C1)N2.O=C(O)C(F)(F)F. The lowest BCUT2D eigenvalue weighted by Crippen LogP contribution is -2.43. The number of halogens is 3. The van der Waals surface area contributed by atoms with E-state index in [0.717, 1.165) is 12.1 Å². The van der Waals surface area contributed by atoms with E-state index >= 15 is 0 Å². The average molecular weight is 240 g/mol. The summed E-state index contributed by atoms with van der Waals surface area (Å²) in [5, 5.41) is 10.7. The van der Waals surface area contributed by atoms with Crippen molar-refractivity contribution in [2.45, 2.75) is 50.0 Å². The minimum Gasteiger partial charge on any atom is -0.475 e. The number of hydrogen-bond acceptors (Lipinski definition) is 3. The highest BCUT2D eigenvalue weighted by Crippen LogP contribution is 2.25. The zero-order valence-corrected chi connectivity index (χ0v) is 8.63. The fraction of sp³-hybridized carbons (Fsp3) is 0.889. The molecule has 0 aromatic carbocycles. The summed E-state index contributed by atoms with van der Waals surface area (Å²) < 4.78 is 31.7. The molecule has 4 N–H and O–H groups in total. The number of nitrogens with two attached hydrogens (primary N) is 1. The van der Waals surface area contributed by atoms with Gasteiger partial charge in [-0.1, -0.05) is 0 Å². The molecule has 0 radical (unpaired) electrons. The highest BCUT2D eigenvalue weighted by molar-refractivity contribution is 5.73. The molecule has 4 nitrogen and oxygen atoms in total. The molecule has 2 aliphatic heterocycles. The summed E-state index contributed by atoms with van der Waals surface area (Å²) in [5.74, 6) is -2.76. The van der Waals surface area contributed by atoms with Crippen LogP contribution in [0.5, 0.6) is 0 Å². The molecule has 2 fully saturated rings. The largest absolute Gasteiger partial charge is 0.490 e. The predicted octanol–water partition coefficient (Wildman–Crippen LogP) is 0.861. The van der Waals surface area contributed by atoms with Crippen molar-refractivity contribution in [3.63, 3.8) is 0 Å². The van der Waals surface area contributed by atoms with Gasteiger partial charge in [-0.2, -0.15) is 13.2 Å². The zero-order chi connectivity index (χ0) is 12.3. The third-order valence-electron chi connectivity index (χ3n) is 2.75. The number of piperidine rings is 1. The summed E-state index contributed by atoms with van der Waals surface area (Å²) in [4.78, 5) is 8.90. The number of fused-ring (bicyclic) bond motifs is 2. The number of carboxylic acid groups (broad SMARTS) is 1. The van der Waals surface area contributed by atoms with Crippen molar-refractivity contribution < 1.29 is 23.1 Å². The van der Waals surface area contributed by atoms with E-state index in [4.69, 9.17) is 15.6 Å². The molecule has 0 saturated carbocycles. The number of alkyl halides is 3. The molecule has 0 aromatic rings. The van der Waals surface area contributed by atoms with E-state index in [2.05, 4.69) is 5.32 Å². The van der Waals surface area contributed by atoms with E-state index in [1.54, 1.807) is 0 Å². The highest BCUT2D eigenvalue weighted by atomic mass is 19.4. The fourth-order valence-electron chi connectivity index (χ4n) is 2.10. The molecule has 16 heavy (non-hydrogen) atoms. The molecule has 7 heteroatoms. The molecular weight excluding hydrogens is 225 g/mol.